The minimum atomic E-state index is -0.111. The van der Waals surface area contributed by atoms with Gasteiger partial charge in [-0.2, -0.15) is 0 Å². The second-order valence-corrected chi connectivity index (χ2v) is 7.46. The summed E-state index contributed by atoms with van der Waals surface area (Å²) in [6, 6.07) is 2.04. The largest absolute Gasteiger partial charge is 0.356 e. The third-order valence-corrected chi connectivity index (χ3v) is 5.15. The topological polar surface area (TPSA) is 57.6 Å². The number of fused-ring (bicyclic) bond motifs is 1. The summed E-state index contributed by atoms with van der Waals surface area (Å²) in [5.74, 6) is -0.111. The Morgan fingerprint density at radius 1 is 1.27 bits per heavy atom. The number of carbonyl (C=O) groups is 1. The van der Waals surface area contributed by atoms with E-state index in [1.54, 1.807) is 11.3 Å². The van der Waals surface area contributed by atoms with Crippen molar-refractivity contribution in [1.29, 1.82) is 0 Å². The average Bonchev–Trinajstić information content (AvgIpc) is 2.75. The van der Waals surface area contributed by atoms with Gasteiger partial charge in [-0.1, -0.05) is 6.42 Å². The molecule has 1 aromatic heterocycles. The first-order valence-electron chi connectivity index (χ1n) is 7.81. The number of nitrogens with one attached hydrogen (secondary N) is 4. The van der Waals surface area contributed by atoms with E-state index in [4.69, 9.17) is 12.2 Å². The maximum atomic E-state index is 12.2. The SMILES string of the molecule is C[NH+](C)CCNC(=S)NNC(=O)c1cc2c(s1)CCCCC2. The molecule has 0 aliphatic heterocycles. The second-order valence-electron chi connectivity index (χ2n) is 5.91. The minimum Gasteiger partial charge on any atom is -0.356 e. The van der Waals surface area contributed by atoms with Gasteiger partial charge < -0.3 is 10.2 Å². The highest BCUT2D eigenvalue weighted by Gasteiger charge is 2.16. The van der Waals surface area contributed by atoms with Gasteiger partial charge in [0.15, 0.2) is 5.11 Å². The molecule has 2 rings (SSSR count). The number of aryl methyl sites for hydroxylation is 2. The molecule has 7 heteroatoms. The highest BCUT2D eigenvalue weighted by Crippen LogP contribution is 2.28. The van der Waals surface area contributed by atoms with Crippen molar-refractivity contribution in [2.75, 3.05) is 27.2 Å². The van der Waals surface area contributed by atoms with Crippen molar-refractivity contribution in [2.24, 2.45) is 0 Å². The molecule has 0 fully saturated rings. The van der Waals surface area contributed by atoms with Gasteiger partial charge in [-0.05, 0) is 49.5 Å². The Hall–Kier alpha value is -1.18. The summed E-state index contributed by atoms with van der Waals surface area (Å²) < 4.78 is 0. The van der Waals surface area contributed by atoms with Gasteiger partial charge in [0, 0.05) is 4.88 Å². The molecule has 1 aliphatic rings. The van der Waals surface area contributed by atoms with E-state index in [0.29, 0.717) is 5.11 Å². The van der Waals surface area contributed by atoms with Crippen molar-refractivity contribution in [3.63, 3.8) is 0 Å². The van der Waals surface area contributed by atoms with Crippen LogP contribution in [0.4, 0.5) is 0 Å². The summed E-state index contributed by atoms with van der Waals surface area (Å²) in [5, 5.41) is 3.52. The Kier molecular flexibility index (Phi) is 6.60. The van der Waals surface area contributed by atoms with E-state index in [1.165, 1.54) is 34.6 Å². The summed E-state index contributed by atoms with van der Waals surface area (Å²) in [4.78, 5) is 15.7. The molecule has 1 amide bonds. The highest BCUT2D eigenvalue weighted by atomic mass is 32.1. The highest BCUT2D eigenvalue weighted by molar-refractivity contribution is 7.80. The van der Waals surface area contributed by atoms with E-state index >= 15 is 0 Å². The van der Waals surface area contributed by atoms with Crippen molar-refractivity contribution in [3.05, 3.63) is 21.4 Å². The lowest BCUT2D eigenvalue weighted by Gasteiger charge is -2.12. The maximum Gasteiger partial charge on any atom is 0.279 e. The van der Waals surface area contributed by atoms with Crippen molar-refractivity contribution < 1.29 is 9.69 Å². The summed E-state index contributed by atoms with van der Waals surface area (Å²) in [5.41, 5.74) is 6.79. The van der Waals surface area contributed by atoms with Crippen LogP contribution in [0, 0.1) is 0 Å². The van der Waals surface area contributed by atoms with Crippen LogP contribution in [0.1, 0.15) is 39.4 Å². The number of hydrazine groups is 1. The smallest absolute Gasteiger partial charge is 0.279 e. The van der Waals surface area contributed by atoms with Crippen LogP contribution in [0.5, 0.6) is 0 Å². The molecule has 1 heterocycles. The fraction of sp³-hybridized carbons (Fsp3) is 0.600. The number of thiocarbonyl (C=S) groups is 1. The molecule has 0 unspecified atom stereocenters. The molecule has 122 valence electrons. The number of thiophene rings is 1. The molecule has 0 saturated carbocycles. The van der Waals surface area contributed by atoms with E-state index in [2.05, 4.69) is 30.3 Å². The van der Waals surface area contributed by atoms with Gasteiger partial charge in [-0.15, -0.1) is 11.3 Å². The summed E-state index contributed by atoms with van der Waals surface area (Å²) in [6.07, 6.45) is 5.95. The molecular weight excluding hydrogens is 316 g/mol. The van der Waals surface area contributed by atoms with Gasteiger partial charge in [0.1, 0.15) is 0 Å². The molecule has 4 N–H and O–H groups in total. The Bertz CT molecular complexity index is 504. The number of rotatable bonds is 4. The predicted octanol–water partition coefficient (Wildman–Crippen LogP) is 0.270. The fourth-order valence-electron chi connectivity index (χ4n) is 2.42. The zero-order valence-electron chi connectivity index (χ0n) is 13.3. The minimum absolute atomic E-state index is 0.111. The summed E-state index contributed by atoms with van der Waals surface area (Å²) >= 11 is 6.75. The van der Waals surface area contributed by atoms with Gasteiger partial charge in [0.25, 0.3) is 5.91 Å². The molecular formula is C15H25N4OS2+. The Morgan fingerprint density at radius 3 is 2.82 bits per heavy atom. The summed E-state index contributed by atoms with van der Waals surface area (Å²) in [6.45, 7) is 1.74. The van der Waals surface area contributed by atoms with Crippen LogP contribution in [-0.4, -0.2) is 38.2 Å². The molecule has 0 radical (unpaired) electrons. The fourth-order valence-corrected chi connectivity index (χ4v) is 3.73. The van der Waals surface area contributed by atoms with Gasteiger partial charge in [0.2, 0.25) is 0 Å². The molecule has 0 spiro atoms. The Labute approximate surface area is 141 Å². The van der Waals surface area contributed by atoms with Crippen molar-refractivity contribution in [3.8, 4) is 0 Å². The van der Waals surface area contributed by atoms with Crippen LogP contribution in [0.2, 0.25) is 0 Å². The van der Waals surface area contributed by atoms with E-state index in [1.807, 2.05) is 6.07 Å². The first-order valence-corrected chi connectivity index (χ1v) is 9.03. The molecule has 1 aliphatic carbocycles. The molecule has 0 aromatic carbocycles. The van der Waals surface area contributed by atoms with Gasteiger partial charge in [0.05, 0.1) is 32.1 Å². The zero-order chi connectivity index (χ0) is 15.9. The number of carbonyl (C=O) groups excluding carboxylic acids is 1. The second kappa shape index (κ2) is 8.45. The lowest BCUT2D eigenvalue weighted by molar-refractivity contribution is -0.856. The first kappa shape index (κ1) is 17.2. The first-order chi connectivity index (χ1) is 10.6. The van der Waals surface area contributed by atoms with Gasteiger partial charge in [-0.3, -0.25) is 15.6 Å². The average molecular weight is 342 g/mol. The van der Waals surface area contributed by atoms with Crippen LogP contribution in [-0.2, 0) is 12.8 Å². The van der Waals surface area contributed by atoms with Crippen molar-refractivity contribution >= 4 is 34.6 Å². The quantitative estimate of drug-likeness (QED) is 0.361. The summed E-state index contributed by atoms with van der Waals surface area (Å²) in [7, 11) is 4.17. The molecule has 0 bridgehead atoms. The lowest BCUT2D eigenvalue weighted by Crippen LogP contribution is -3.06. The third kappa shape index (κ3) is 5.23. The van der Waals surface area contributed by atoms with E-state index in [9.17, 15) is 4.79 Å². The Balaban J connectivity index is 1.79. The molecule has 1 aromatic rings. The zero-order valence-corrected chi connectivity index (χ0v) is 14.9. The number of amides is 1. The Morgan fingerprint density at radius 2 is 2.05 bits per heavy atom. The number of quaternary nitrogens is 1. The normalized spacial score (nSPS) is 14.1. The van der Waals surface area contributed by atoms with Gasteiger partial charge in [-0.25, -0.2) is 0 Å². The van der Waals surface area contributed by atoms with E-state index in [-0.39, 0.29) is 5.91 Å². The van der Waals surface area contributed by atoms with E-state index < -0.39 is 0 Å². The third-order valence-electron chi connectivity index (χ3n) is 3.67. The van der Waals surface area contributed by atoms with E-state index in [0.717, 1.165) is 30.8 Å². The van der Waals surface area contributed by atoms with Crippen LogP contribution >= 0.6 is 23.6 Å². The number of hydrogen-bond donors (Lipinski definition) is 4. The monoisotopic (exact) mass is 341 g/mol. The van der Waals surface area contributed by atoms with Crippen molar-refractivity contribution in [1.82, 2.24) is 16.2 Å². The molecule has 5 nitrogen and oxygen atoms in total. The lowest BCUT2D eigenvalue weighted by atomic mass is 10.1. The van der Waals surface area contributed by atoms with Crippen LogP contribution < -0.4 is 21.1 Å². The predicted molar refractivity (Wildman–Crippen MR) is 94.5 cm³/mol. The van der Waals surface area contributed by atoms with Crippen LogP contribution in [0.3, 0.4) is 0 Å². The van der Waals surface area contributed by atoms with Crippen LogP contribution in [0.15, 0.2) is 6.07 Å². The maximum absolute atomic E-state index is 12.2. The molecule has 0 saturated heterocycles. The van der Waals surface area contributed by atoms with Crippen molar-refractivity contribution in [2.45, 2.75) is 32.1 Å². The van der Waals surface area contributed by atoms with Crippen LogP contribution in [0.25, 0.3) is 0 Å². The number of likely N-dealkylation sites (N-methyl/N-ethyl adjacent to an activating group) is 1. The molecule has 0 atom stereocenters. The molecule has 22 heavy (non-hydrogen) atoms. The van der Waals surface area contributed by atoms with Gasteiger partial charge >= 0.3 is 0 Å². The number of hydrogen-bond acceptors (Lipinski definition) is 3. The standard InChI is InChI=1S/C15H24N4OS2/c1-19(2)9-8-16-15(21)18-17-14(20)13-10-11-6-4-3-5-7-12(11)22-13/h10H,3-9H2,1-2H3,(H,17,20)(H2,16,18,21)/p+1.